The molecule has 0 unspecified atom stereocenters. The third kappa shape index (κ3) is 3.30. The molecule has 3 N–H and O–H groups in total. The normalized spacial score (nSPS) is 15.2. The topological polar surface area (TPSA) is 89.5 Å². The van der Waals surface area contributed by atoms with Crippen molar-refractivity contribution in [3.63, 3.8) is 0 Å². The van der Waals surface area contributed by atoms with Crippen LogP contribution in [0.3, 0.4) is 0 Å². The van der Waals surface area contributed by atoms with Crippen LogP contribution in [0.4, 0.5) is 0 Å². The predicted octanol–water partition coefficient (Wildman–Crippen LogP) is 2.02. The van der Waals surface area contributed by atoms with Gasteiger partial charge < -0.3 is 19.9 Å². The van der Waals surface area contributed by atoms with Crippen LogP contribution in [0.1, 0.15) is 32.8 Å². The lowest BCUT2D eigenvalue weighted by Gasteiger charge is -2.34. The highest BCUT2D eigenvalue weighted by molar-refractivity contribution is 5.99. The van der Waals surface area contributed by atoms with Crippen molar-refractivity contribution in [3.05, 3.63) is 29.8 Å². The molecule has 2 aromatic rings. The maximum atomic E-state index is 11.9. The van der Waals surface area contributed by atoms with Crippen LogP contribution in [0.25, 0.3) is 10.8 Å². The molecule has 1 aliphatic rings. The number of hydrogen-bond donors (Lipinski definition) is 1. The summed E-state index contributed by atoms with van der Waals surface area (Å²) in [4.78, 5) is 23.5. The van der Waals surface area contributed by atoms with Gasteiger partial charge in [-0.15, -0.1) is 0 Å². The molecule has 0 spiro atoms. The number of fused-ring (bicyclic) bond motifs is 3. The minimum atomic E-state index is -0.490. The molecule has 0 saturated carbocycles. The summed E-state index contributed by atoms with van der Waals surface area (Å²) >= 11 is 0. The smallest absolute Gasteiger partial charge is 0.367 e. The van der Waals surface area contributed by atoms with E-state index in [1.807, 2.05) is 38.1 Å². The Morgan fingerprint density at radius 2 is 1.84 bits per heavy atom. The first-order valence-electron chi connectivity index (χ1n) is 8.27. The number of esters is 2. The molecule has 6 heteroatoms. The lowest BCUT2D eigenvalue weighted by Crippen LogP contribution is -2.55. The Morgan fingerprint density at radius 3 is 2.48 bits per heavy atom. The van der Waals surface area contributed by atoms with Gasteiger partial charge in [0, 0.05) is 23.3 Å². The highest BCUT2D eigenvalue weighted by Crippen LogP contribution is 2.50. The first-order valence-corrected chi connectivity index (χ1v) is 8.27. The first-order chi connectivity index (χ1) is 11.8. The van der Waals surface area contributed by atoms with Gasteiger partial charge in [-0.05, 0) is 26.7 Å². The predicted molar refractivity (Wildman–Crippen MR) is 91.7 cm³/mol. The molecule has 2 aromatic carbocycles. The van der Waals surface area contributed by atoms with Crippen molar-refractivity contribution in [2.45, 2.75) is 39.2 Å². The molecule has 0 amide bonds. The number of benzene rings is 2. The van der Waals surface area contributed by atoms with E-state index in [9.17, 15) is 9.59 Å². The Labute approximate surface area is 145 Å². The molecule has 0 atom stereocenters. The summed E-state index contributed by atoms with van der Waals surface area (Å²) in [7, 11) is 0. The summed E-state index contributed by atoms with van der Waals surface area (Å²) < 4.78 is 17.1. The highest BCUT2D eigenvalue weighted by atomic mass is 16.6. The monoisotopic (exact) mass is 344 g/mol. The molecule has 0 aliphatic carbocycles. The third-order valence-electron chi connectivity index (χ3n) is 4.19. The molecular formula is C19H22NO5+. The summed E-state index contributed by atoms with van der Waals surface area (Å²) in [6.45, 7) is 5.34. The Morgan fingerprint density at radius 1 is 1.16 bits per heavy atom. The van der Waals surface area contributed by atoms with Crippen molar-refractivity contribution >= 4 is 22.7 Å². The Balaban J connectivity index is 2.32. The zero-order valence-electron chi connectivity index (χ0n) is 14.7. The molecule has 6 nitrogen and oxygen atoms in total. The van der Waals surface area contributed by atoms with Crippen molar-refractivity contribution in [2.75, 3.05) is 6.54 Å². The Kier molecular flexibility index (Phi) is 4.39. The SMILES string of the molecule is CC(=O)Oc1c2c(c3ccccc3c1OC(=O)C[NH3+])OC(C)(C)CC2. The van der Waals surface area contributed by atoms with Crippen LogP contribution in [0.15, 0.2) is 24.3 Å². The van der Waals surface area contributed by atoms with Gasteiger partial charge in [0.1, 0.15) is 11.4 Å². The highest BCUT2D eigenvalue weighted by Gasteiger charge is 2.33. The maximum absolute atomic E-state index is 11.9. The lowest BCUT2D eigenvalue weighted by molar-refractivity contribution is -0.358. The van der Waals surface area contributed by atoms with E-state index in [4.69, 9.17) is 14.2 Å². The van der Waals surface area contributed by atoms with E-state index in [1.165, 1.54) is 6.92 Å². The van der Waals surface area contributed by atoms with Gasteiger partial charge in [-0.2, -0.15) is 0 Å². The standard InChI is InChI=1S/C19H21NO5/c1-11(21)23-18-14-8-9-19(2,3)25-16(14)12-6-4-5-7-13(12)17(18)24-15(22)10-20/h4-7H,8-10,20H2,1-3H3/p+1. The summed E-state index contributed by atoms with van der Waals surface area (Å²) in [5, 5.41) is 1.49. The number of carbonyl (C=O) groups is 2. The van der Waals surface area contributed by atoms with Crippen molar-refractivity contribution in [1.29, 1.82) is 0 Å². The van der Waals surface area contributed by atoms with Gasteiger partial charge in [-0.3, -0.25) is 4.79 Å². The summed E-state index contributed by atoms with van der Waals surface area (Å²) in [5.74, 6) is 0.224. The number of rotatable bonds is 3. The van der Waals surface area contributed by atoms with E-state index in [2.05, 4.69) is 5.73 Å². The van der Waals surface area contributed by atoms with Crippen LogP contribution in [-0.2, 0) is 16.0 Å². The van der Waals surface area contributed by atoms with E-state index in [0.29, 0.717) is 17.6 Å². The van der Waals surface area contributed by atoms with E-state index >= 15 is 0 Å². The van der Waals surface area contributed by atoms with Gasteiger partial charge in [-0.1, -0.05) is 24.3 Å². The molecule has 3 rings (SSSR count). The van der Waals surface area contributed by atoms with Crippen molar-refractivity contribution in [1.82, 2.24) is 0 Å². The summed E-state index contributed by atoms with van der Waals surface area (Å²) in [6, 6.07) is 7.46. The maximum Gasteiger partial charge on any atom is 0.367 e. The van der Waals surface area contributed by atoms with Gasteiger partial charge in [0.25, 0.3) is 0 Å². The second-order valence-electron chi connectivity index (χ2n) is 6.69. The molecule has 0 bridgehead atoms. The fourth-order valence-corrected chi connectivity index (χ4v) is 3.02. The fourth-order valence-electron chi connectivity index (χ4n) is 3.02. The molecular weight excluding hydrogens is 322 g/mol. The zero-order valence-corrected chi connectivity index (χ0v) is 14.7. The van der Waals surface area contributed by atoms with Crippen molar-refractivity contribution in [3.8, 4) is 17.2 Å². The Hall–Kier alpha value is -2.60. The fraction of sp³-hybridized carbons (Fsp3) is 0.368. The van der Waals surface area contributed by atoms with Gasteiger partial charge in [0.2, 0.25) is 0 Å². The van der Waals surface area contributed by atoms with Crippen molar-refractivity contribution in [2.24, 2.45) is 0 Å². The van der Waals surface area contributed by atoms with Gasteiger partial charge in [-0.25, -0.2) is 4.79 Å². The number of quaternary nitrogens is 1. The van der Waals surface area contributed by atoms with E-state index in [1.54, 1.807) is 0 Å². The van der Waals surface area contributed by atoms with E-state index in [-0.39, 0.29) is 23.6 Å². The van der Waals surface area contributed by atoms with Crippen LogP contribution in [0.2, 0.25) is 0 Å². The molecule has 1 heterocycles. The minimum absolute atomic E-state index is 0.0194. The molecule has 132 valence electrons. The quantitative estimate of drug-likeness (QED) is 0.680. The largest absolute Gasteiger partial charge is 0.487 e. The molecule has 0 aromatic heterocycles. The van der Waals surface area contributed by atoms with Crippen LogP contribution in [-0.4, -0.2) is 24.1 Å². The Bertz CT molecular complexity index is 857. The second-order valence-corrected chi connectivity index (χ2v) is 6.69. The molecule has 0 radical (unpaired) electrons. The third-order valence-corrected chi connectivity index (χ3v) is 4.19. The number of ether oxygens (including phenoxy) is 3. The number of hydrogen-bond acceptors (Lipinski definition) is 5. The van der Waals surface area contributed by atoms with Gasteiger partial charge >= 0.3 is 11.9 Å². The van der Waals surface area contributed by atoms with Gasteiger partial charge in [0.15, 0.2) is 18.0 Å². The minimum Gasteiger partial charge on any atom is -0.487 e. The van der Waals surface area contributed by atoms with Gasteiger partial charge in [0.05, 0.1) is 0 Å². The zero-order chi connectivity index (χ0) is 18.2. The first kappa shape index (κ1) is 17.2. The van der Waals surface area contributed by atoms with Crippen LogP contribution >= 0.6 is 0 Å². The average Bonchev–Trinajstić information content (AvgIpc) is 2.56. The van der Waals surface area contributed by atoms with E-state index < -0.39 is 11.9 Å². The lowest BCUT2D eigenvalue weighted by atomic mass is 9.91. The summed E-state index contributed by atoms with van der Waals surface area (Å²) in [5.41, 5.74) is 3.98. The van der Waals surface area contributed by atoms with E-state index in [0.717, 1.165) is 17.4 Å². The molecule has 0 fully saturated rings. The van der Waals surface area contributed by atoms with Crippen LogP contribution in [0.5, 0.6) is 17.2 Å². The second kappa shape index (κ2) is 6.37. The van der Waals surface area contributed by atoms with Crippen LogP contribution in [0, 0.1) is 0 Å². The van der Waals surface area contributed by atoms with Crippen LogP contribution < -0.4 is 19.9 Å². The molecule has 25 heavy (non-hydrogen) atoms. The van der Waals surface area contributed by atoms with Crippen molar-refractivity contribution < 1.29 is 29.5 Å². The summed E-state index contributed by atoms with van der Waals surface area (Å²) in [6.07, 6.45) is 1.42. The molecule has 1 aliphatic heterocycles. The number of carbonyl (C=O) groups excluding carboxylic acids is 2. The average molecular weight is 344 g/mol. The molecule has 0 saturated heterocycles.